The molecule has 0 amide bonds. The second-order valence-electron chi connectivity index (χ2n) is 28.5. The first-order valence-electron chi connectivity index (χ1n) is 30.3. The smallest absolute Gasteiger partial charge is 0.335 e. The molecule has 5 saturated heterocycles. The summed E-state index contributed by atoms with van der Waals surface area (Å²) in [5, 5.41) is 190. The van der Waals surface area contributed by atoms with Gasteiger partial charge in [0.25, 0.3) is 0 Å². The van der Waals surface area contributed by atoms with Gasteiger partial charge in [0.05, 0.1) is 56.4 Å². The lowest BCUT2D eigenvalue weighted by atomic mass is 9.32. The first-order chi connectivity index (χ1) is 40.5. The predicted molar refractivity (Wildman–Crippen MR) is 287 cm³/mol. The van der Waals surface area contributed by atoms with Crippen molar-refractivity contribution in [1.29, 1.82) is 0 Å². The molecule has 0 aromatic carbocycles. The summed E-state index contributed by atoms with van der Waals surface area (Å²) in [5.74, 6) is -4.45. The number of aliphatic hydroxyl groups is 16. The van der Waals surface area contributed by atoms with Gasteiger partial charge in [0.15, 0.2) is 37.4 Å². The van der Waals surface area contributed by atoms with Gasteiger partial charge >= 0.3 is 11.9 Å². The first kappa shape index (κ1) is 67.6. The number of rotatable bonds is 12. The van der Waals surface area contributed by atoms with Gasteiger partial charge in [-0.25, -0.2) is 4.79 Å². The maximum atomic E-state index is 15.5. The van der Waals surface area contributed by atoms with E-state index < -0.39 is 242 Å². The number of allylic oxidation sites excluding steroid dienone is 2. The molecule has 9 fully saturated rings. The van der Waals surface area contributed by atoms with Gasteiger partial charge in [0.1, 0.15) is 90.9 Å². The Balaban J connectivity index is 0.866. The van der Waals surface area contributed by atoms with E-state index in [0.717, 1.165) is 5.57 Å². The van der Waals surface area contributed by atoms with E-state index in [2.05, 4.69) is 19.9 Å². The fourth-order valence-corrected chi connectivity index (χ4v) is 17.8. The van der Waals surface area contributed by atoms with Crippen LogP contribution in [0.4, 0.5) is 0 Å². The van der Waals surface area contributed by atoms with E-state index in [4.69, 9.17) is 47.4 Å². The molecule has 0 spiro atoms. The molecule has 29 nitrogen and oxygen atoms in total. The van der Waals surface area contributed by atoms with E-state index in [9.17, 15) is 91.6 Å². The number of aliphatic carboxylic acids is 1. The van der Waals surface area contributed by atoms with Crippen molar-refractivity contribution in [1.82, 2.24) is 0 Å². The van der Waals surface area contributed by atoms with E-state index in [0.29, 0.717) is 19.3 Å². The van der Waals surface area contributed by atoms with Crippen LogP contribution in [0.15, 0.2) is 11.6 Å². The number of esters is 1. The third-order valence-corrected chi connectivity index (χ3v) is 22.6. The van der Waals surface area contributed by atoms with Gasteiger partial charge in [0.2, 0.25) is 6.29 Å². The van der Waals surface area contributed by atoms with Crippen molar-refractivity contribution in [2.75, 3.05) is 19.8 Å². The maximum Gasteiger partial charge on any atom is 0.335 e. The van der Waals surface area contributed by atoms with Crippen molar-refractivity contribution in [2.45, 2.75) is 266 Å². The van der Waals surface area contributed by atoms with Crippen LogP contribution in [0.2, 0.25) is 0 Å². The number of hydrogen-bond acceptors (Lipinski definition) is 28. The Labute approximate surface area is 502 Å². The minimum atomic E-state index is -2.01. The molecule has 0 aromatic rings. The number of fused-ring (bicyclic) bond motifs is 7. The topological polar surface area (TPSA) is 470 Å². The summed E-state index contributed by atoms with van der Waals surface area (Å²) in [6.07, 6.45) is -41.7. The number of hydrogen-bond donors (Lipinski definition) is 17. The van der Waals surface area contributed by atoms with Gasteiger partial charge in [-0.1, -0.05) is 53.2 Å². The van der Waals surface area contributed by atoms with Crippen molar-refractivity contribution < 1.29 is 144 Å². The fraction of sp³-hybridized carbons (Fsp3) is 0.931. The lowest BCUT2D eigenvalue weighted by molar-refractivity contribution is -0.377. The molecule has 35 atom stereocenters. The van der Waals surface area contributed by atoms with Crippen LogP contribution in [0.25, 0.3) is 0 Å². The zero-order valence-corrected chi connectivity index (χ0v) is 50.0. The first-order valence-corrected chi connectivity index (χ1v) is 30.3. The highest BCUT2D eigenvalue weighted by atomic mass is 16.8. The van der Waals surface area contributed by atoms with Crippen LogP contribution in [0.1, 0.15) is 100 Å². The summed E-state index contributed by atoms with van der Waals surface area (Å²) in [5.41, 5.74) is -5.53. The molecule has 0 radical (unpaired) electrons. The zero-order valence-electron chi connectivity index (χ0n) is 50.0. The maximum absolute atomic E-state index is 15.5. The van der Waals surface area contributed by atoms with Crippen molar-refractivity contribution in [3.8, 4) is 0 Å². The van der Waals surface area contributed by atoms with Crippen LogP contribution < -0.4 is 0 Å². The number of carboxylic acids is 1. The predicted octanol–water partition coefficient (Wildman–Crippen LogP) is -4.90. The quantitative estimate of drug-likeness (QED) is 0.0495. The monoisotopic (exact) mass is 1250 g/mol. The third-order valence-electron chi connectivity index (χ3n) is 22.6. The molecular weight excluding hydrogens is 1160 g/mol. The Morgan fingerprint density at radius 3 is 1.77 bits per heavy atom. The van der Waals surface area contributed by atoms with Crippen LogP contribution in [0.5, 0.6) is 0 Å². The minimum absolute atomic E-state index is 0.0235. The van der Waals surface area contributed by atoms with Gasteiger partial charge < -0.3 is 134 Å². The summed E-state index contributed by atoms with van der Waals surface area (Å²) >= 11 is 0. The second-order valence-corrected chi connectivity index (χ2v) is 28.5. The molecule has 29 heteroatoms. The van der Waals surface area contributed by atoms with Crippen molar-refractivity contribution in [3.63, 3.8) is 0 Å². The van der Waals surface area contributed by atoms with Gasteiger partial charge in [-0.15, -0.1) is 0 Å². The van der Waals surface area contributed by atoms with Crippen LogP contribution in [0.3, 0.4) is 0 Å². The highest BCUT2D eigenvalue weighted by Gasteiger charge is 2.75. The number of ether oxygens (including phenoxy) is 10. The van der Waals surface area contributed by atoms with Crippen LogP contribution >= 0.6 is 0 Å². The van der Waals surface area contributed by atoms with Gasteiger partial charge in [-0.05, 0) is 92.3 Å². The molecule has 5 heterocycles. The average molecular weight is 1250 g/mol. The molecule has 10 rings (SSSR count). The van der Waals surface area contributed by atoms with Gasteiger partial charge in [-0.2, -0.15) is 0 Å². The summed E-state index contributed by atoms with van der Waals surface area (Å²) in [6, 6.07) is 0. The summed E-state index contributed by atoms with van der Waals surface area (Å²) in [4.78, 5) is 27.4. The largest absolute Gasteiger partial charge is 0.479 e. The second kappa shape index (κ2) is 24.2. The van der Waals surface area contributed by atoms with E-state index in [1.54, 1.807) is 6.92 Å². The number of carbonyl (C=O) groups is 2. The molecular formula is C58H92O29. The summed E-state index contributed by atoms with van der Waals surface area (Å²) in [6.45, 7) is 12.8. The molecule has 2 unspecified atom stereocenters. The molecule has 5 aliphatic carbocycles. The molecule has 0 aromatic heterocycles. The van der Waals surface area contributed by atoms with Crippen molar-refractivity contribution in [3.05, 3.63) is 11.6 Å². The third kappa shape index (κ3) is 11.0. The lowest BCUT2D eigenvalue weighted by Crippen LogP contribution is -2.73. The molecule has 10 aliphatic rings. The van der Waals surface area contributed by atoms with Gasteiger partial charge in [0, 0.05) is 11.3 Å². The minimum Gasteiger partial charge on any atom is -0.479 e. The number of carboxylic acid groups (broad SMARTS) is 1. The number of carbonyl (C=O) groups excluding carboxylic acids is 1. The van der Waals surface area contributed by atoms with E-state index in [1.165, 1.54) is 13.8 Å². The summed E-state index contributed by atoms with van der Waals surface area (Å²) in [7, 11) is 0. The van der Waals surface area contributed by atoms with Crippen molar-refractivity contribution >= 4 is 11.9 Å². The lowest BCUT2D eigenvalue weighted by Gasteiger charge is -2.73. The SMILES string of the molecule is C[C@@H]1O[C@@H](O[C@@H]2[C@@H](O)[C@H](O[C@@H]3[C@@H](O)[C@@H](O)[C@H](O[C@H]4[C@H](OC(=O)[C@]56CCC(C)(C)C[C@H]5C5=CCC7[C@@]8(C)C[C@H](O)[C@H](O[C@@H]9O[C@H](C(=O)O)[C@@H](O)[C@H](O)[C@H]9O)[C@@](C)(CO)C8[C@H](O)C[C@@]7(C)[C@]5(C)C[C@H]6O)OC[C@H](O)[C@@H]4O)O[C@H]3C)OC[C@H]2O)[C@H](O)[C@H](O)[C@H]1O. The van der Waals surface area contributed by atoms with E-state index >= 15 is 4.79 Å². The highest BCUT2D eigenvalue weighted by Crippen LogP contribution is 2.76. The van der Waals surface area contributed by atoms with E-state index in [1.807, 2.05) is 20.8 Å². The molecule has 0 bridgehead atoms. The molecule has 4 saturated carbocycles. The molecule has 5 aliphatic heterocycles. The molecule has 498 valence electrons. The van der Waals surface area contributed by atoms with Gasteiger partial charge in [-0.3, -0.25) is 4.79 Å². The highest BCUT2D eigenvalue weighted by molar-refractivity contribution is 5.80. The Morgan fingerprint density at radius 2 is 1.13 bits per heavy atom. The summed E-state index contributed by atoms with van der Waals surface area (Å²) < 4.78 is 58.4. The van der Waals surface area contributed by atoms with Crippen LogP contribution in [-0.4, -0.2) is 284 Å². The zero-order chi connectivity index (χ0) is 63.9. The number of aliphatic hydroxyl groups excluding tert-OH is 16. The van der Waals surface area contributed by atoms with Crippen LogP contribution in [-0.2, 0) is 57.0 Å². The Bertz CT molecular complexity index is 2510. The standard InChI is InChI=1S/C58H92O29/c1-20-30(65)32(67)36(71)48(80-20)83-41-27(63)18-78-47(39(41)74)82-40-21(2)81-49(38(73)35(40)70)85-43-31(66)26(62)17-79-51(43)87-52(77)58-12-11-53(3,4)13-23(58)22-9-10-28-54(5)14-25(61)45(86-50-37(72)33(68)34(69)42(84-50)46(75)76)55(6,19-59)44(54)24(60)15-57(28,8)56(22,7)16-29(58)64/h9,20-21,23-45,47-51,59-74H,10-19H2,1-8H3,(H,75,76)/t20-,21-,23-,24+,25-,26-,27+,28?,29+,30-,31-,32+,33-,34-,35-,36+,37+,38+,39+,40-,41-,42-,43+,44?,45-,47-,48-,49-,50-,51-,54+,55-,56+,57+,58+/m0/s1. The Morgan fingerprint density at radius 1 is 0.552 bits per heavy atom. The normalized spacial score (nSPS) is 55.9. The van der Waals surface area contributed by atoms with Crippen molar-refractivity contribution in [2.24, 2.45) is 50.2 Å². The van der Waals surface area contributed by atoms with E-state index in [-0.39, 0.29) is 31.6 Å². The fourth-order valence-electron chi connectivity index (χ4n) is 17.8. The van der Waals surface area contributed by atoms with Crippen LogP contribution in [0, 0.1) is 50.2 Å². The Hall–Kier alpha value is -2.32. The Kier molecular flexibility index (Phi) is 18.8. The molecule has 17 N–H and O–H groups in total. The average Bonchev–Trinajstić information content (AvgIpc) is 0.671. The molecule has 87 heavy (non-hydrogen) atoms.